The molecular formula is C26H29FN4O8. The van der Waals surface area contributed by atoms with Crippen LogP contribution in [0.1, 0.15) is 37.1 Å². The smallest absolute Gasteiger partial charge is 0.342 e. The maximum Gasteiger partial charge on any atom is 0.342 e. The molecule has 0 amide bonds. The second kappa shape index (κ2) is 14.3. The van der Waals surface area contributed by atoms with Gasteiger partial charge in [-0.2, -0.15) is 0 Å². The number of carboxylic acids is 2. The summed E-state index contributed by atoms with van der Waals surface area (Å²) in [6.45, 7) is 3.33. The third-order valence-electron chi connectivity index (χ3n) is 5.70. The van der Waals surface area contributed by atoms with Crippen LogP contribution in [0.2, 0.25) is 0 Å². The molecule has 4 N–H and O–H groups in total. The van der Waals surface area contributed by atoms with Crippen molar-refractivity contribution in [3.8, 4) is 11.1 Å². The number of ether oxygens (including phenoxy) is 1. The lowest BCUT2D eigenvalue weighted by molar-refractivity contribution is -0.392. The van der Waals surface area contributed by atoms with Gasteiger partial charge in [-0.15, -0.1) is 0 Å². The molecule has 1 unspecified atom stereocenters. The third-order valence-corrected chi connectivity index (χ3v) is 5.70. The molecule has 0 fully saturated rings. The number of nitrogens with two attached hydrogens (primary N) is 1. The van der Waals surface area contributed by atoms with Gasteiger partial charge >= 0.3 is 23.7 Å². The number of nitro groups is 1. The average Bonchev–Trinajstić information content (AvgIpc) is 3.27. The summed E-state index contributed by atoms with van der Waals surface area (Å²) in [5.41, 5.74) is 6.71. The van der Waals surface area contributed by atoms with Crippen molar-refractivity contribution in [2.24, 2.45) is 5.73 Å². The molecule has 0 spiro atoms. The molecule has 0 bridgehead atoms. The van der Waals surface area contributed by atoms with E-state index in [1.165, 1.54) is 10.6 Å². The Morgan fingerprint density at radius 1 is 1.18 bits per heavy atom. The van der Waals surface area contributed by atoms with Crippen molar-refractivity contribution in [1.82, 2.24) is 9.55 Å². The van der Waals surface area contributed by atoms with Crippen LogP contribution in [0.3, 0.4) is 0 Å². The summed E-state index contributed by atoms with van der Waals surface area (Å²) in [4.78, 5) is 46.6. The molecule has 1 heterocycles. The Bertz CT molecular complexity index is 1310. The Hall–Kier alpha value is -4.65. The van der Waals surface area contributed by atoms with Gasteiger partial charge in [-0.25, -0.2) is 13.9 Å². The molecular weight excluding hydrogens is 515 g/mol. The van der Waals surface area contributed by atoms with Crippen LogP contribution in [0, 0.1) is 22.9 Å². The van der Waals surface area contributed by atoms with E-state index >= 15 is 0 Å². The Morgan fingerprint density at radius 2 is 1.85 bits per heavy atom. The molecule has 3 rings (SSSR count). The minimum absolute atomic E-state index is 0.0231. The number of aromatic nitrogens is 2. The van der Waals surface area contributed by atoms with Gasteiger partial charge in [-0.05, 0) is 35.5 Å². The topological polar surface area (TPSA) is 188 Å². The fraction of sp³-hybridized carbons (Fsp3) is 0.308. The number of hydrogen-bond donors (Lipinski definition) is 3. The van der Waals surface area contributed by atoms with Crippen LogP contribution in [0.5, 0.6) is 0 Å². The van der Waals surface area contributed by atoms with E-state index in [-0.39, 0.29) is 31.8 Å². The SMILES string of the molecule is Cc1ncc([N+](=O)[O-])n1CCOC(=O)[C@@H](C)c1ccc(-c2ccccc2)c(F)c1.NC(CCC(=O)O)C(=O)O. The Labute approximate surface area is 223 Å². The lowest BCUT2D eigenvalue weighted by Crippen LogP contribution is -2.30. The van der Waals surface area contributed by atoms with Gasteiger partial charge in [0.2, 0.25) is 0 Å². The standard InChI is InChI=1S/C21H20FN3O4.C5H9NO4/c1-14(17-8-9-18(19(22)12-17)16-6-4-3-5-7-16)21(26)29-11-10-24-15(2)23-13-20(24)25(27)28;6-3(5(9)10)1-2-4(7)8/h3-9,12-14H,10-11H2,1-2H3;3H,1-2,6H2,(H,7,8)(H,9,10)/t14-;/m0./s1. The molecule has 2 aromatic carbocycles. The number of imidazole rings is 1. The molecule has 208 valence electrons. The minimum atomic E-state index is -1.17. The summed E-state index contributed by atoms with van der Waals surface area (Å²) in [5, 5.41) is 27.3. The highest BCUT2D eigenvalue weighted by Gasteiger charge is 2.21. The van der Waals surface area contributed by atoms with E-state index < -0.39 is 40.6 Å². The first-order chi connectivity index (χ1) is 18.4. The fourth-order valence-corrected chi connectivity index (χ4v) is 3.43. The molecule has 3 aromatic rings. The van der Waals surface area contributed by atoms with Crippen LogP contribution < -0.4 is 5.73 Å². The van der Waals surface area contributed by atoms with Gasteiger partial charge in [-0.3, -0.25) is 14.4 Å². The molecule has 13 heteroatoms. The van der Waals surface area contributed by atoms with Gasteiger partial charge in [-0.1, -0.05) is 42.5 Å². The van der Waals surface area contributed by atoms with Crippen molar-refractivity contribution >= 4 is 23.7 Å². The molecule has 39 heavy (non-hydrogen) atoms. The van der Waals surface area contributed by atoms with Crippen molar-refractivity contribution in [2.75, 3.05) is 6.61 Å². The minimum Gasteiger partial charge on any atom is -0.481 e. The second-order valence-electron chi connectivity index (χ2n) is 8.44. The van der Waals surface area contributed by atoms with E-state index in [0.717, 1.165) is 11.8 Å². The largest absolute Gasteiger partial charge is 0.481 e. The quantitative estimate of drug-likeness (QED) is 0.183. The first-order valence-corrected chi connectivity index (χ1v) is 11.8. The first-order valence-electron chi connectivity index (χ1n) is 11.8. The van der Waals surface area contributed by atoms with Gasteiger partial charge in [0.25, 0.3) is 0 Å². The first kappa shape index (κ1) is 30.6. The maximum atomic E-state index is 14.5. The number of carbonyl (C=O) groups excluding carboxylic acids is 1. The maximum absolute atomic E-state index is 14.5. The zero-order valence-corrected chi connectivity index (χ0v) is 21.3. The molecule has 0 saturated carbocycles. The Morgan fingerprint density at radius 3 is 2.41 bits per heavy atom. The van der Waals surface area contributed by atoms with Crippen molar-refractivity contribution in [2.45, 2.75) is 45.2 Å². The van der Waals surface area contributed by atoms with Crippen molar-refractivity contribution < 1.29 is 38.6 Å². The van der Waals surface area contributed by atoms with Crippen LogP contribution in [-0.2, 0) is 25.7 Å². The molecule has 0 saturated heterocycles. The van der Waals surface area contributed by atoms with Gasteiger partial charge in [0, 0.05) is 18.9 Å². The molecule has 12 nitrogen and oxygen atoms in total. The number of aliphatic carboxylic acids is 2. The molecule has 0 aliphatic rings. The van der Waals surface area contributed by atoms with Crippen LogP contribution >= 0.6 is 0 Å². The number of esters is 1. The lowest BCUT2D eigenvalue weighted by atomic mass is 9.97. The predicted molar refractivity (Wildman–Crippen MR) is 137 cm³/mol. The van der Waals surface area contributed by atoms with E-state index in [0.29, 0.717) is 17.0 Å². The number of nitrogens with zero attached hydrogens (tertiary/aromatic N) is 3. The predicted octanol–water partition coefficient (Wildman–Crippen LogP) is 3.52. The van der Waals surface area contributed by atoms with Gasteiger partial charge in [0.15, 0.2) is 5.82 Å². The van der Waals surface area contributed by atoms with E-state index in [4.69, 9.17) is 20.7 Å². The Balaban J connectivity index is 0.000000455. The third kappa shape index (κ3) is 9.00. The number of benzene rings is 2. The molecule has 0 aliphatic heterocycles. The van der Waals surface area contributed by atoms with E-state index in [1.807, 2.05) is 30.3 Å². The number of hydrogen-bond acceptors (Lipinski definition) is 8. The molecule has 0 aliphatic carbocycles. The van der Waals surface area contributed by atoms with Crippen molar-refractivity contribution in [3.63, 3.8) is 0 Å². The summed E-state index contributed by atoms with van der Waals surface area (Å²) >= 11 is 0. The summed E-state index contributed by atoms with van der Waals surface area (Å²) in [6.07, 6.45) is 0.939. The van der Waals surface area contributed by atoms with Crippen LogP contribution in [-0.4, -0.2) is 55.2 Å². The summed E-state index contributed by atoms with van der Waals surface area (Å²) in [6, 6.07) is 12.7. The normalized spacial score (nSPS) is 12.0. The van der Waals surface area contributed by atoms with Gasteiger partial charge in [0.1, 0.15) is 31.2 Å². The average molecular weight is 545 g/mol. The fourth-order valence-electron chi connectivity index (χ4n) is 3.43. The lowest BCUT2D eigenvalue weighted by Gasteiger charge is -2.13. The van der Waals surface area contributed by atoms with Crippen molar-refractivity contribution in [3.05, 3.63) is 82.0 Å². The van der Waals surface area contributed by atoms with Crippen LogP contribution in [0.15, 0.2) is 54.7 Å². The number of halogens is 1. The number of aryl methyl sites for hydroxylation is 1. The van der Waals surface area contributed by atoms with E-state index in [1.54, 1.807) is 26.0 Å². The summed E-state index contributed by atoms with van der Waals surface area (Å²) < 4.78 is 21.1. The van der Waals surface area contributed by atoms with E-state index in [9.17, 15) is 28.9 Å². The molecule has 0 radical (unpaired) electrons. The molecule has 2 atom stereocenters. The van der Waals surface area contributed by atoms with Gasteiger partial charge < -0.3 is 30.8 Å². The zero-order chi connectivity index (χ0) is 29.1. The van der Waals surface area contributed by atoms with E-state index in [2.05, 4.69) is 4.98 Å². The highest BCUT2D eigenvalue weighted by atomic mass is 19.1. The summed E-state index contributed by atoms with van der Waals surface area (Å²) in [5.74, 6) is -3.52. The Kier molecular flexibility index (Phi) is 11.2. The molecule has 1 aromatic heterocycles. The van der Waals surface area contributed by atoms with Crippen LogP contribution in [0.25, 0.3) is 11.1 Å². The monoisotopic (exact) mass is 544 g/mol. The number of rotatable bonds is 11. The van der Waals surface area contributed by atoms with Crippen molar-refractivity contribution in [1.29, 1.82) is 0 Å². The van der Waals surface area contributed by atoms with Crippen LogP contribution in [0.4, 0.5) is 10.2 Å². The zero-order valence-electron chi connectivity index (χ0n) is 21.3. The second-order valence-corrected chi connectivity index (χ2v) is 8.44. The number of carboxylic acid groups (broad SMARTS) is 2. The van der Waals surface area contributed by atoms with Gasteiger partial charge in [0.05, 0.1) is 5.92 Å². The highest BCUT2D eigenvalue weighted by molar-refractivity contribution is 5.78. The number of carbonyl (C=O) groups is 3. The highest BCUT2D eigenvalue weighted by Crippen LogP contribution is 2.26. The summed E-state index contributed by atoms with van der Waals surface area (Å²) in [7, 11) is 0.